The van der Waals surface area contributed by atoms with Gasteiger partial charge in [-0.3, -0.25) is 0 Å². The lowest BCUT2D eigenvalue weighted by molar-refractivity contribution is 0.0693. The van der Waals surface area contributed by atoms with Crippen LogP contribution < -0.4 is 0 Å². The fourth-order valence-electron chi connectivity index (χ4n) is 4.77. The molecule has 0 spiro atoms. The van der Waals surface area contributed by atoms with E-state index in [1.807, 2.05) is 12.1 Å². The van der Waals surface area contributed by atoms with Gasteiger partial charge in [-0.15, -0.1) is 0 Å². The van der Waals surface area contributed by atoms with Crippen LogP contribution in [0.3, 0.4) is 0 Å². The summed E-state index contributed by atoms with van der Waals surface area (Å²) in [6, 6.07) is 9.90. The van der Waals surface area contributed by atoms with Crippen molar-refractivity contribution in [2.75, 3.05) is 0 Å². The van der Waals surface area contributed by atoms with Crippen molar-refractivity contribution in [1.29, 1.82) is 0 Å². The molecule has 2 aromatic carbocycles. The van der Waals surface area contributed by atoms with E-state index in [-0.39, 0.29) is 34.4 Å². The van der Waals surface area contributed by atoms with Gasteiger partial charge in [0.15, 0.2) is 0 Å². The van der Waals surface area contributed by atoms with Gasteiger partial charge >= 0.3 is 5.97 Å². The number of aromatic carboxylic acids is 1. The Morgan fingerprint density at radius 3 is 2.47 bits per heavy atom. The molecule has 1 unspecified atom stereocenters. The number of hydrogen-bond donors (Lipinski definition) is 2. The van der Waals surface area contributed by atoms with Crippen LogP contribution in [-0.4, -0.2) is 16.2 Å². The van der Waals surface area contributed by atoms with Crippen molar-refractivity contribution in [3.63, 3.8) is 0 Å². The van der Waals surface area contributed by atoms with E-state index in [0.717, 1.165) is 41.5 Å². The third kappa shape index (κ3) is 3.67. The second-order valence-electron chi connectivity index (χ2n) is 9.43. The van der Waals surface area contributed by atoms with Crippen LogP contribution in [0.1, 0.15) is 78.9 Å². The van der Waals surface area contributed by atoms with Crippen molar-refractivity contribution in [2.45, 2.75) is 51.9 Å². The van der Waals surface area contributed by atoms with Crippen LogP contribution in [0.15, 0.2) is 54.1 Å². The lowest BCUT2D eigenvalue weighted by Crippen LogP contribution is -2.24. The molecule has 2 aliphatic rings. The highest BCUT2D eigenvalue weighted by Gasteiger charge is 2.36. The third-order valence-corrected chi connectivity index (χ3v) is 6.41. The van der Waals surface area contributed by atoms with E-state index in [4.69, 9.17) is 0 Å². The molecule has 2 aromatic rings. The topological polar surface area (TPSA) is 57.5 Å². The SMILES string of the molecule is CC(C)(C)[C@@H]1CC2=CCCC(c3ccc(F)cc3)C=C2c2cc(O)c(C(=O)O)cc21. The Hall–Kier alpha value is -2.88. The molecule has 0 radical (unpaired) electrons. The van der Waals surface area contributed by atoms with Gasteiger partial charge < -0.3 is 10.2 Å². The van der Waals surface area contributed by atoms with Crippen molar-refractivity contribution in [3.05, 3.63) is 82.2 Å². The molecule has 30 heavy (non-hydrogen) atoms. The van der Waals surface area contributed by atoms with Crippen molar-refractivity contribution in [3.8, 4) is 5.75 Å². The van der Waals surface area contributed by atoms with E-state index in [9.17, 15) is 19.4 Å². The number of carbonyl (C=O) groups is 1. The highest BCUT2D eigenvalue weighted by molar-refractivity contribution is 5.94. The second kappa shape index (κ2) is 7.42. The predicted octanol–water partition coefficient (Wildman–Crippen LogP) is 6.65. The number of fused-ring (bicyclic) bond motifs is 3. The van der Waals surface area contributed by atoms with Crippen LogP contribution in [0.25, 0.3) is 5.57 Å². The van der Waals surface area contributed by atoms with E-state index < -0.39 is 5.97 Å². The molecule has 2 N–H and O–H groups in total. The molecule has 0 aliphatic heterocycles. The molecule has 2 atom stereocenters. The van der Waals surface area contributed by atoms with Crippen molar-refractivity contribution in [1.82, 2.24) is 0 Å². The molecule has 0 amide bonds. The molecule has 2 aliphatic carbocycles. The Morgan fingerprint density at radius 2 is 1.83 bits per heavy atom. The summed E-state index contributed by atoms with van der Waals surface area (Å²) in [7, 11) is 0. The summed E-state index contributed by atoms with van der Waals surface area (Å²) in [5, 5.41) is 20.0. The predicted molar refractivity (Wildman–Crippen MR) is 116 cm³/mol. The normalized spacial score (nSPS) is 21.1. The van der Waals surface area contributed by atoms with Gasteiger partial charge in [-0.25, -0.2) is 9.18 Å². The zero-order valence-corrected chi connectivity index (χ0v) is 17.6. The van der Waals surface area contributed by atoms with Crippen LogP contribution in [-0.2, 0) is 0 Å². The molecule has 3 nitrogen and oxygen atoms in total. The molecule has 4 rings (SSSR count). The summed E-state index contributed by atoms with van der Waals surface area (Å²) in [5.74, 6) is -1.30. The van der Waals surface area contributed by atoms with E-state index in [2.05, 4.69) is 32.9 Å². The molecule has 0 heterocycles. The van der Waals surface area contributed by atoms with E-state index >= 15 is 0 Å². The lowest BCUT2D eigenvalue weighted by Gasteiger charge is -2.38. The van der Waals surface area contributed by atoms with Crippen LogP contribution in [0.5, 0.6) is 5.75 Å². The molecular weight excluding hydrogens is 379 g/mol. The molecule has 0 fully saturated rings. The highest BCUT2D eigenvalue weighted by atomic mass is 19.1. The van der Waals surface area contributed by atoms with Gasteiger partial charge in [-0.2, -0.15) is 0 Å². The minimum atomic E-state index is -1.12. The maximum atomic E-state index is 13.4. The summed E-state index contributed by atoms with van der Waals surface area (Å²) < 4.78 is 13.4. The van der Waals surface area contributed by atoms with Gasteiger partial charge in [0, 0.05) is 5.92 Å². The average molecular weight is 406 g/mol. The molecular formula is C26H27FO3. The monoisotopic (exact) mass is 406 g/mol. The Balaban J connectivity index is 1.90. The fraction of sp³-hybridized carbons (Fsp3) is 0.346. The van der Waals surface area contributed by atoms with Gasteiger partial charge in [0.25, 0.3) is 0 Å². The van der Waals surface area contributed by atoms with Crippen LogP contribution in [0.2, 0.25) is 0 Å². The van der Waals surface area contributed by atoms with Crippen LogP contribution >= 0.6 is 0 Å². The number of carboxylic acids is 1. The highest BCUT2D eigenvalue weighted by Crippen LogP contribution is 2.52. The average Bonchev–Trinajstić information content (AvgIpc) is 2.89. The third-order valence-electron chi connectivity index (χ3n) is 6.41. The number of phenols is 1. The number of carboxylic acid groups (broad SMARTS) is 1. The second-order valence-corrected chi connectivity index (χ2v) is 9.43. The minimum Gasteiger partial charge on any atom is -0.507 e. The van der Waals surface area contributed by atoms with Crippen LogP contribution in [0.4, 0.5) is 4.39 Å². The summed E-state index contributed by atoms with van der Waals surface area (Å²) >= 11 is 0. The Labute approximate surface area is 176 Å². The summed E-state index contributed by atoms with van der Waals surface area (Å²) in [6.07, 6.45) is 7.17. The van der Waals surface area contributed by atoms with Crippen LogP contribution in [0, 0.1) is 11.2 Å². The van der Waals surface area contributed by atoms with Crippen molar-refractivity contribution >= 4 is 11.5 Å². The summed E-state index contributed by atoms with van der Waals surface area (Å²) in [6.45, 7) is 6.51. The molecule has 156 valence electrons. The number of allylic oxidation sites excluding steroid dienone is 4. The van der Waals surface area contributed by atoms with Gasteiger partial charge in [0.1, 0.15) is 17.1 Å². The zero-order chi connectivity index (χ0) is 21.6. The summed E-state index contributed by atoms with van der Waals surface area (Å²) in [5.41, 5.74) is 5.13. The number of aromatic hydroxyl groups is 1. The first-order valence-electron chi connectivity index (χ1n) is 10.4. The molecule has 0 saturated carbocycles. The number of hydrogen-bond acceptors (Lipinski definition) is 2. The molecule has 4 heteroatoms. The largest absolute Gasteiger partial charge is 0.507 e. The first-order valence-corrected chi connectivity index (χ1v) is 10.4. The van der Waals surface area contributed by atoms with Gasteiger partial charge in [-0.1, -0.05) is 45.1 Å². The van der Waals surface area contributed by atoms with Gasteiger partial charge in [-0.05, 0) is 82.7 Å². The summed E-state index contributed by atoms with van der Waals surface area (Å²) in [4.78, 5) is 11.6. The van der Waals surface area contributed by atoms with E-state index in [1.54, 1.807) is 12.1 Å². The van der Waals surface area contributed by atoms with E-state index in [1.165, 1.54) is 17.7 Å². The Morgan fingerprint density at radius 1 is 1.13 bits per heavy atom. The molecule has 0 saturated heterocycles. The van der Waals surface area contributed by atoms with Gasteiger partial charge in [0.2, 0.25) is 0 Å². The van der Waals surface area contributed by atoms with E-state index in [0.29, 0.717) is 0 Å². The van der Waals surface area contributed by atoms with Crippen molar-refractivity contribution < 1.29 is 19.4 Å². The van der Waals surface area contributed by atoms with Gasteiger partial charge in [0.05, 0.1) is 0 Å². The van der Waals surface area contributed by atoms with Crippen molar-refractivity contribution in [2.24, 2.45) is 5.41 Å². The fourth-order valence-corrected chi connectivity index (χ4v) is 4.77. The number of benzene rings is 2. The maximum Gasteiger partial charge on any atom is 0.339 e. The first kappa shape index (κ1) is 20.4. The smallest absolute Gasteiger partial charge is 0.339 e. The molecule has 0 aromatic heterocycles. The minimum absolute atomic E-state index is 0.0558. The first-order chi connectivity index (χ1) is 14.1. The quantitative estimate of drug-likeness (QED) is 0.587. The standard InChI is InChI=1S/C26H27FO3/c1-26(2,3)23-12-17-6-4-5-16(15-7-9-18(27)10-8-15)11-19(17)20-14-24(28)22(25(29)30)13-21(20)23/h6-11,13-14,16,23,28H,4-5,12H2,1-3H3,(H,29,30)/t16?,23-/m1/s1. The Kier molecular flexibility index (Phi) is 5.05. The maximum absolute atomic E-state index is 13.4. The zero-order valence-electron chi connectivity index (χ0n) is 17.6. The number of rotatable bonds is 2. The lowest BCUT2D eigenvalue weighted by atomic mass is 9.66. The Bertz CT molecular complexity index is 1050. The number of halogens is 1. The molecule has 0 bridgehead atoms.